The van der Waals surface area contributed by atoms with Crippen molar-refractivity contribution in [2.24, 2.45) is 22.7 Å². The number of aliphatic carboxylic acids is 2. The normalized spacial score (nSPS) is 25.3. The Morgan fingerprint density at radius 1 is 0.941 bits per heavy atom. The number of benzene rings is 1. The van der Waals surface area contributed by atoms with Crippen molar-refractivity contribution in [1.82, 2.24) is 5.32 Å². The molecule has 0 aliphatic heterocycles. The molecular formula is C26H36N2O6. The maximum Gasteiger partial charge on any atom is 0.326 e. The van der Waals surface area contributed by atoms with Crippen LogP contribution in [-0.4, -0.2) is 40.0 Å². The molecule has 0 aromatic heterocycles. The van der Waals surface area contributed by atoms with E-state index in [2.05, 4.69) is 10.6 Å². The minimum Gasteiger partial charge on any atom is -0.481 e. The fourth-order valence-corrected chi connectivity index (χ4v) is 5.38. The van der Waals surface area contributed by atoms with Gasteiger partial charge in [-0.3, -0.25) is 14.4 Å². The number of carbonyl (C=O) groups excluding carboxylic acids is 2. The second-order valence-electron chi connectivity index (χ2n) is 10.6. The molecule has 0 heterocycles. The molecule has 1 aromatic rings. The summed E-state index contributed by atoms with van der Waals surface area (Å²) in [6, 6.07) is 5.85. The van der Waals surface area contributed by atoms with Crippen LogP contribution in [0.4, 0.5) is 5.69 Å². The molecule has 2 amide bonds. The van der Waals surface area contributed by atoms with Crippen LogP contribution in [0.3, 0.4) is 0 Å². The van der Waals surface area contributed by atoms with Gasteiger partial charge in [0.1, 0.15) is 6.04 Å². The molecule has 2 aliphatic carbocycles. The first-order valence-corrected chi connectivity index (χ1v) is 12.1. The van der Waals surface area contributed by atoms with Gasteiger partial charge in [-0.15, -0.1) is 0 Å². The third kappa shape index (κ3) is 5.26. The summed E-state index contributed by atoms with van der Waals surface area (Å²) >= 11 is 0. The Morgan fingerprint density at radius 3 is 2.09 bits per heavy atom. The smallest absolute Gasteiger partial charge is 0.326 e. The van der Waals surface area contributed by atoms with E-state index in [4.69, 9.17) is 0 Å². The highest BCUT2D eigenvalue weighted by molar-refractivity contribution is 5.92. The maximum atomic E-state index is 13.0. The third-order valence-electron chi connectivity index (χ3n) is 8.27. The standard InChI is InChI=1S/C26H36N2O6/c1-25(2)19(13-14-26(25,3)24(33)34)22(30)28-20(23(31)32)15-16-9-11-18(12-10-16)27-21(29)17-7-5-4-6-8-17/h9-12,17,19-20H,4-8,13-15H2,1-3H3,(H,27,29)(H,28,30)(H,31,32)(H,33,34)/t19?,20-,26?/m0/s1. The summed E-state index contributed by atoms with van der Waals surface area (Å²) in [5, 5.41) is 24.9. The lowest BCUT2D eigenvalue weighted by atomic mass is 9.65. The van der Waals surface area contributed by atoms with E-state index in [-0.39, 0.29) is 18.2 Å². The van der Waals surface area contributed by atoms with E-state index < -0.39 is 40.6 Å². The number of hydrogen-bond acceptors (Lipinski definition) is 4. The number of carbonyl (C=O) groups is 4. The Hall–Kier alpha value is -2.90. The minimum atomic E-state index is -1.15. The van der Waals surface area contributed by atoms with Crippen molar-refractivity contribution >= 4 is 29.4 Å². The zero-order chi connectivity index (χ0) is 25.1. The summed E-state index contributed by atoms with van der Waals surface area (Å²) < 4.78 is 0. The van der Waals surface area contributed by atoms with E-state index in [0.29, 0.717) is 24.1 Å². The summed E-state index contributed by atoms with van der Waals surface area (Å²) in [5.41, 5.74) is -0.490. The summed E-state index contributed by atoms with van der Waals surface area (Å²) in [6.45, 7) is 5.16. The molecule has 2 fully saturated rings. The third-order valence-corrected chi connectivity index (χ3v) is 8.27. The van der Waals surface area contributed by atoms with Crippen molar-refractivity contribution in [1.29, 1.82) is 0 Å². The lowest BCUT2D eigenvalue weighted by Gasteiger charge is -2.38. The molecule has 1 aromatic carbocycles. The number of nitrogens with one attached hydrogen (secondary N) is 2. The highest BCUT2D eigenvalue weighted by atomic mass is 16.4. The average Bonchev–Trinajstić information content (AvgIpc) is 3.05. The number of amides is 2. The van der Waals surface area contributed by atoms with Gasteiger partial charge in [-0.25, -0.2) is 4.79 Å². The Balaban J connectivity index is 1.62. The predicted molar refractivity (Wildman–Crippen MR) is 127 cm³/mol. The topological polar surface area (TPSA) is 133 Å². The van der Waals surface area contributed by atoms with Gasteiger partial charge in [-0.2, -0.15) is 0 Å². The fourth-order valence-electron chi connectivity index (χ4n) is 5.38. The number of carboxylic acids is 2. The van der Waals surface area contributed by atoms with Gasteiger partial charge in [-0.1, -0.05) is 45.2 Å². The second-order valence-corrected chi connectivity index (χ2v) is 10.6. The van der Waals surface area contributed by atoms with Crippen LogP contribution in [0.5, 0.6) is 0 Å². The molecule has 34 heavy (non-hydrogen) atoms. The zero-order valence-corrected chi connectivity index (χ0v) is 20.2. The number of carboxylic acid groups (broad SMARTS) is 2. The molecule has 2 saturated carbocycles. The first-order valence-electron chi connectivity index (χ1n) is 12.1. The monoisotopic (exact) mass is 472 g/mol. The van der Waals surface area contributed by atoms with Gasteiger partial charge < -0.3 is 20.8 Å². The van der Waals surface area contributed by atoms with Gasteiger partial charge in [0.25, 0.3) is 0 Å². The summed E-state index contributed by atoms with van der Waals surface area (Å²) in [6.07, 6.45) is 5.99. The lowest BCUT2D eigenvalue weighted by Crippen LogP contribution is -2.49. The molecule has 0 radical (unpaired) electrons. The molecule has 4 N–H and O–H groups in total. The molecule has 0 bridgehead atoms. The maximum absolute atomic E-state index is 13.0. The molecule has 3 rings (SSSR count). The van der Waals surface area contributed by atoms with Gasteiger partial charge in [0, 0.05) is 23.9 Å². The van der Waals surface area contributed by atoms with Crippen LogP contribution in [0.2, 0.25) is 0 Å². The number of anilines is 1. The predicted octanol–water partition coefficient (Wildman–Crippen LogP) is 3.84. The van der Waals surface area contributed by atoms with E-state index in [1.165, 1.54) is 6.42 Å². The van der Waals surface area contributed by atoms with Crippen LogP contribution in [-0.2, 0) is 25.6 Å². The van der Waals surface area contributed by atoms with Crippen LogP contribution in [0.1, 0.15) is 71.3 Å². The zero-order valence-electron chi connectivity index (χ0n) is 20.2. The van der Waals surface area contributed by atoms with E-state index in [9.17, 15) is 29.4 Å². The molecular weight excluding hydrogens is 436 g/mol. The number of rotatable bonds is 8. The molecule has 2 aliphatic rings. The van der Waals surface area contributed by atoms with E-state index in [1.54, 1.807) is 45.0 Å². The first kappa shape index (κ1) is 25.7. The minimum absolute atomic E-state index is 0.0238. The van der Waals surface area contributed by atoms with Gasteiger partial charge in [0.15, 0.2) is 0 Å². The van der Waals surface area contributed by atoms with Crippen molar-refractivity contribution in [3.63, 3.8) is 0 Å². The Kier molecular flexibility index (Phi) is 7.68. The van der Waals surface area contributed by atoms with Crippen LogP contribution >= 0.6 is 0 Å². The van der Waals surface area contributed by atoms with Gasteiger partial charge in [-0.05, 0) is 55.7 Å². The van der Waals surface area contributed by atoms with Gasteiger partial charge in [0.05, 0.1) is 5.41 Å². The molecule has 186 valence electrons. The van der Waals surface area contributed by atoms with Crippen LogP contribution in [0, 0.1) is 22.7 Å². The van der Waals surface area contributed by atoms with Crippen LogP contribution in [0.25, 0.3) is 0 Å². The van der Waals surface area contributed by atoms with Crippen molar-refractivity contribution in [3.05, 3.63) is 29.8 Å². The Morgan fingerprint density at radius 2 is 1.56 bits per heavy atom. The lowest BCUT2D eigenvalue weighted by molar-refractivity contribution is -0.155. The van der Waals surface area contributed by atoms with Crippen molar-refractivity contribution in [3.8, 4) is 0 Å². The molecule has 8 heteroatoms. The van der Waals surface area contributed by atoms with E-state index in [0.717, 1.165) is 25.7 Å². The highest BCUT2D eigenvalue weighted by Gasteiger charge is 2.58. The van der Waals surface area contributed by atoms with E-state index in [1.807, 2.05) is 0 Å². The summed E-state index contributed by atoms with van der Waals surface area (Å²) in [4.78, 5) is 49.1. The van der Waals surface area contributed by atoms with E-state index >= 15 is 0 Å². The molecule has 2 unspecified atom stereocenters. The summed E-state index contributed by atoms with van der Waals surface area (Å²) in [7, 11) is 0. The van der Waals surface area contributed by atoms with Crippen molar-refractivity contribution in [2.75, 3.05) is 5.32 Å². The van der Waals surface area contributed by atoms with Crippen LogP contribution in [0.15, 0.2) is 24.3 Å². The Bertz CT molecular complexity index is 935. The largest absolute Gasteiger partial charge is 0.481 e. The average molecular weight is 473 g/mol. The van der Waals surface area contributed by atoms with Gasteiger partial charge >= 0.3 is 11.9 Å². The highest BCUT2D eigenvalue weighted by Crippen LogP contribution is 2.56. The number of hydrogen-bond donors (Lipinski definition) is 4. The quantitative estimate of drug-likeness (QED) is 0.454. The molecule has 8 nitrogen and oxygen atoms in total. The van der Waals surface area contributed by atoms with Crippen LogP contribution < -0.4 is 10.6 Å². The Labute approximate surface area is 200 Å². The van der Waals surface area contributed by atoms with Crippen molar-refractivity contribution < 1.29 is 29.4 Å². The second kappa shape index (κ2) is 10.2. The molecule has 0 saturated heterocycles. The fraction of sp³-hybridized carbons (Fsp3) is 0.615. The van der Waals surface area contributed by atoms with Gasteiger partial charge in [0.2, 0.25) is 11.8 Å². The summed E-state index contributed by atoms with van der Waals surface area (Å²) in [5.74, 6) is -3.05. The SMILES string of the molecule is CC1(C(=O)O)CCC(C(=O)N[C@@H](Cc2ccc(NC(=O)C3CCCCC3)cc2)C(=O)O)C1(C)C. The first-order chi connectivity index (χ1) is 16.0. The molecule has 3 atom stereocenters. The van der Waals surface area contributed by atoms with Crippen molar-refractivity contribution in [2.45, 2.75) is 78.2 Å². The molecule has 0 spiro atoms.